The molecule has 0 aliphatic heterocycles. The zero-order valence-electron chi connectivity index (χ0n) is 21.0. The van der Waals surface area contributed by atoms with Crippen LogP contribution >= 0.6 is 23.2 Å². The number of urea groups is 1. The van der Waals surface area contributed by atoms with Crippen LogP contribution in [0.2, 0.25) is 10.0 Å². The van der Waals surface area contributed by atoms with Crippen molar-refractivity contribution >= 4 is 46.6 Å². The molecule has 194 valence electrons. The average Bonchev–Trinajstić information content (AvgIpc) is 2.86. The second-order valence-corrected chi connectivity index (χ2v) is 10.4. The van der Waals surface area contributed by atoms with Gasteiger partial charge in [-0.15, -0.1) is 0 Å². The maximum Gasteiger partial charge on any atom is 0.337 e. The molecule has 4 aromatic carbocycles. The molecule has 0 aromatic heterocycles. The quantitative estimate of drug-likeness (QED) is 0.224. The Morgan fingerprint density at radius 3 is 2.13 bits per heavy atom. The molecule has 0 fully saturated rings. The van der Waals surface area contributed by atoms with Gasteiger partial charge >= 0.3 is 12.0 Å². The van der Waals surface area contributed by atoms with Gasteiger partial charge in [-0.2, -0.15) is 0 Å². The van der Waals surface area contributed by atoms with Crippen molar-refractivity contribution in [3.8, 4) is 22.6 Å². The van der Waals surface area contributed by atoms with E-state index in [1.54, 1.807) is 54.6 Å². The van der Waals surface area contributed by atoms with Crippen molar-refractivity contribution in [1.29, 1.82) is 0 Å². The van der Waals surface area contributed by atoms with Crippen LogP contribution < -0.4 is 15.4 Å². The average molecular weight is 549 g/mol. The fourth-order valence-corrected chi connectivity index (χ4v) is 4.44. The largest absolute Gasteiger partial charge is 0.478 e. The molecule has 0 atom stereocenters. The highest BCUT2D eigenvalue weighted by molar-refractivity contribution is 6.34. The molecule has 4 rings (SSSR count). The lowest BCUT2D eigenvalue weighted by Gasteiger charge is -2.23. The van der Waals surface area contributed by atoms with E-state index in [4.69, 9.17) is 27.9 Å². The third kappa shape index (κ3) is 6.10. The minimum atomic E-state index is -1.16. The van der Waals surface area contributed by atoms with E-state index in [0.717, 1.165) is 5.56 Å². The first-order valence-electron chi connectivity index (χ1n) is 11.8. The van der Waals surface area contributed by atoms with Gasteiger partial charge in [0.2, 0.25) is 0 Å². The molecule has 2 amide bonds. The number of nitrogens with one attached hydrogen (secondary N) is 2. The van der Waals surface area contributed by atoms with Crippen molar-refractivity contribution in [3.63, 3.8) is 0 Å². The molecule has 6 nitrogen and oxygen atoms in total. The standard InChI is InChI=1S/C30H26Cl2N2O4/c1-30(2,3)20-10-4-7-14-25(20)38-26-16-15-18(19-9-8-12-22(32)27(19)28(35)36)17-24(26)34-29(37)33-23-13-6-5-11-21(23)31/h4-17H,1-3H3,(H,35,36)(H2,33,34,37). The number of carbonyl (C=O) groups is 2. The van der Waals surface area contributed by atoms with Crippen molar-refractivity contribution in [2.75, 3.05) is 10.6 Å². The number of rotatable bonds is 6. The van der Waals surface area contributed by atoms with Crippen molar-refractivity contribution in [2.45, 2.75) is 26.2 Å². The molecule has 0 spiro atoms. The van der Waals surface area contributed by atoms with Crippen LogP contribution in [0, 0.1) is 0 Å². The summed E-state index contributed by atoms with van der Waals surface area (Å²) in [6, 6.07) is 23.9. The number of para-hydroxylation sites is 2. The number of halogens is 2. The molecular formula is C30H26Cl2N2O4. The van der Waals surface area contributed by atoms with E-state index < -0.39 is 12.0 Å². The van der Waals surface area contributed by atoms with E-state index in [-0.39, 0.29) is 16.0 Å². The van der Waals surface area contributed by atoms with Crippen molar-refractivity contribution in [3.05, 3.63) is 106 Å². The van der Waals surface area contributed by atoms with Gasteiger partial charge in [0.05, 0.1) is 27.0 Å². The van der Waals surface area contributed by atoms with Gasteiger partial charge in [-0.1, -0.05) is 92.5 Å². The zero-order valence-corrected chi connectivity index (χ0v) is 22.5. The summed E-state index contributed by atoms with van der Waals surface area (Å²) in [6.45, 7) is 6.25. The molecule has 0 heterocycles. The first kappa shape index (κ1) is 27.0. The van der Waals surface area contributed by atoms with Crippen LogP contribution in [0.4, 0.5) is 16.2 Å². The predicted octanol–water partition coefficient (Wildman–Crippen LogP) is 9.09. The normalized spacial score (nSPS) is 11.1. The summed E-state index contributed by atoms with van der Waals surface area (Å²) < 4.78 is 6.32. The van der Waals surface area contributed by atoms with Crippen LogP contribution in [0.1, 0.15) is 36.7 Å². The molecule has 3 N–H and O–H groups in total. The summed E-state index contributed by atoms with van der Waals surface area (Å²) in [7, 11) is 0. The number of hydrogen-bond donors (Lipinski definition) is 3. The molecule has 0 aliphatic carbocycles. The van der Waals surface area contributed by atoms with Gasteiger partial charge in [0, 0.05) is 5.56 Å². The molecule has 0 unspecified atom stereocenters. The minimum absolute atomic E-state index is 0.0348. The number of carbonyl (C=O) groups excluding carboxylic acids is 1. The van der Waals surface area contributed by atoms with E-state index >= 15 is 0 Å². The first-order valence-corrected chi connectivity index (χ1v) is 12.6. The Balaban J connectivity index is 1.78. The van der Waals surface area contributed by atoms with Gasteiger partial charge in [0.25, 0.3) is 0 Å². The highest BCUT2D eigenvalue weighted by Crippen LogP contribution is 2.39. The summed E-state index contributed by atoms with van der Waals surface area (Å²) in [5.74, 6) is -0.147. The van der Waals surface area contributed by atoms with Gasteiger partial charge in [-0.3, -0.25) is 0 Å². The van der Waals surface area contributed by atoms with Crippen molar-refractivity contribution in [1.82, 2.24) is 0 Å². The monoisotopic (exact) mass is 548 g/mol. The molecule has 38 heavy (non-hydrogen) atoms. The number of hydrogen-bond acceptors (Lipinski definition) is 3. The molecular weight excluding hydrogens is 523 g/mol. The number of anilines is 2. The smallest absolute Gasteiger partial charge is 0.337 e. The maximum absolute atomic E-state index is 13.0. The highest BCUT2D eigenvalue weighted by atomic mass is 35.5. The van der Waals surface area contributed by atoms with Crippen LogP contribution in [-0.2, 0) is 5.41 Å². The van der Waals surface area contributed by atoms with Crippen LogP contribution in [0.25, 0.3) is 11.1 Å². The van der Waals surface area contributed by atoms with Gasteiger partial charge in [-0.25, -0.2) is 9.59 Å². The number of carboxylic acid groups (broad SMARTS) is 1. The van der Waals surface area contributed by atoms with E-state index in [2.05, 4.69) is 31.4 Å². The second-order valence-electron chi connectivity index (χ2n) is 9.59. The van der Waals surface area contributed by atoms with Crippen LogP contribution in [0.5, 0.6) is 11.5 Å². The Morgan fingerprint density at radius 1 is 0.763 bits per heavy atom. The summed E-state index contributed by atoms with van der Waals surface area (Å²) in [5.41, 5.74) is 2.46. The van der Waals surface area contributed by atoms with E-state index in [9.17, 15) is 14.7 Å². The third-order valence-electron chi connectivity index (χ3n) is 5.80. The highest BCUT2D eigenvalue weighted by Gasteiger charge is 2.21. The van der Waals surface area contributed by atoms with Gasteiger partial charge in [0.1, 0.15) is 5.75 Å². The Labute approximate surface area is 231 Å². The Hall–Kier alpha value is -4.00. The van der Waals surface area contributed by atoms with Crippen molar-refractivity contribution < 1.29 is 19.4 Å². The molecule has 0 saturated carbocycles. The Kier molecular flexibility index (Phi) is 7.95. The number of ether oxygens (including phenoxy) is 1. The van der Waals surface area contributed by atoms with E-state index in [1.165, 1.54) is 6.07 Å². The molecule has 4 aromatic rings. The zero-order chi connectivity index (χ0) is 27.4. The summed E-state index contributed by atoms with van der Waals surface area (Å²) >= 11 is 12.4. The minimum Gasteiger partial charge on any atom is -0.478 e. The SMILES string of the molecule is CC(C)(C)c1ccccc1Oc1ccc(-c2cccc(Cl)c2C(=O)O)cc1NC(=O)Nc1ccccc1Cl. The number of carboxylic acids is 1. The fourth-order valence-electron chi connectivity index (χ4n) is 4.00. The second kappa shape index (κ2) is 11.2. The summed E-state index contributed by atoms with van der Waals surface area (Å²) in [4.78, 5) is 24.9. The number of aromatic carboxylic acids is 1. The molecule has 0 aliphatic rings. The summed E-state index contributed by atoms with van der Waals surface area (Å²) in [6.07, 6.45) is 0. The van der Waals surface area contributed by atoms with Crippen LogP contribution in [0.15, 0.2) is 84.9 Å². The predicted molar refractivity (Wildman–Crippen MR) is 153 cm³/mol. The lowest BCUT2D eigenvalue weighted by atomic mass is 9.86. The lowest BCUT2D eigenvalue weighted by Crippen LogP contribution is -2.20. The Bertz CT molecular complexity index is 1510. The molecule has 0 radical (unpaired) electrons. The number of benzene rings is 4. The number of amides is 2. The molecule has 0 saturated heterocycles. The van der Waals surface area contributed by atoms with E-state index in [0.29, 0.717) is 39.0 Å². The van der Waals surface area contributed by atoms with Gasteiger partial charge < -0.3 is 20.5 Å². The fraction of sp³-hybridized carbons (Fsp3) is 0.133. The lowest BCUT2D eigenvalue weighted by molar-refractivity contribution is 0.0698. The molecule has 0 bridgehead atoms. The maximum atomic E-state index is 13.0. The molecule has 8 heteroatoms. The van der Waals surface area contributed by atoms with Crippen LogP contribution in [0.3, 0.4) is 0 Å². The first-order chi connectivity index (χ1) is 18.0. The van der Waals surface area contributed by atoms with Gasteiger partial charge in [-0.05, 0) is 52.9 Å². The van der Waals surface area contributed by atoms with Gasteiger partial charge in [0.15, 0.2) is 5.75 Å². The van der Waals surface area contributed by atoms with E-state index in [1.807, 2.05) is 24.3 Å². The third-order valence-corrected chi connectivity index (χ3v) is 6.45. The topological polar surface area (TPSA) is 87.7 Å². The van der Waals surface area contributed by atoms with Crippen molar-refractivity contribution in [2.24, 2.45) is 0 Å². The summed E-state index contributed by atoms with van der Waals surface area (Å²) in [5, 5.41) is 15.8. The van der Waals surface area contributed by atoms with Crippen LogP contribution in [-0.4, -0.2) is 17.1 Å². The Morgan fingerprint density at radius 2 is 1.42 bits per heavy atom.